The number of carbonyl (C=O) groups is 1. The predicted octanol–water partition coefficient (Wildman–Crippen LogP) is 1.74. The second-order valence-corrected chi connectivity index (χ2v) is 4.20. The third-order valence-corrected chi connectivity index (χ3v) is 2.85. The lowest BCUT2D eigenvalue weighted by atomic mass is 10.1. The predicted molar refractivity (Wildman–Crippen MR) is 65.9 cm³/mol. The van der Waals surface area contributed by atoms with Gasteiger partial charge < -0.3 is 9.47 Å². The Morgan fingerprint density at radius 1 is 1.33 bits per heavy atom. The van der Waals surface area contributed by atoms with Gasteiger partial charge in [0.05, 0.1) is 29.1 Å². The maximum Gasteiger partial charge on any atom is 0.416 e. The van der Waals surface area contributed by atoms with Crippen molar-refractivity contribution in [3.63, 3.8) is 0 Å². The van der Waals surface area contributed by atoms with Crippen molar-refractivity contribution in [2.45, 2.75) is 12.9 Å². The van der Waals surface area contributed by atoms with E-state index in [9.17, 15) is 22.8 Å². The first kappa shape index (κ1) is 15.1. The zero-order valence-electron chi connectivity index (χ0n) is 11.1. The molecule has 0 radical (unpaired) electrons. The van der Waals surface area contributed by atoms with Gasteiger partial charge >= 0.3 is 12.1 Å². The van der Waals surface area contributed by atoms with Gasteiger partial charge in [0.1, 0.15) is 6.73 Å². The fourth-order valence-electron chi connectivity index (χ4n) is 1.92. The molecule has 21 heavy (non-hydrogen) atoms. The molecule has 0 bridgehead atoms. The lowest BCUT2D eigenvalue weighted by Crippen LogP contribution is -2.17. The average Bonchev–Trinajstić information content (AvgIpc) is 2.73. The highest BCUT2D eigenvalue weighted by Gasteiger charge is 2.33. The van der Waals surface area contributed by atoms with Crippen LogP contribution in [-0.2, 0) is 22.4 Å². The Bertz CT molecular complexity index is 745. The number of aromatic nitrogens is 2. The topological polar surface area (TPSA) is 73.3 Å². The first-order valence-corrected chi connectivity index (χ1v) is 5.70. The van der Waals surface area contributed by atoms with Crippen LogP contribution in [0.5, 0.6) is 0 Å². The minimum absolute atomic E-state index is 0.0306. The number of halogens is 3. The fourth-order valence-corrected chi connectivity index (χ4v) is 1.92. The van der Waals surface area contributed by atoms with E-state index in [1.54, 1.807) is 0 Å². The number of H-pyrrole nitrogens is 1. The summed E-state index contributed by atoms with van der Waals surface area (Å²) in [4.78, 5) is 23.6. The first-order chi connectivity index (χ1) is 9.79. The zero-order valence-corrected chi connectivity index (χ0v) is 11.1. The van der Waals surface area contributed by atoms with Crippen LogP contribution >= 0.6 is 0 Å². The van der Waals surface area contributed by atoms with E-state index in [0.717, 1.165) is 11.8 Å². The molecule has 0 aliphatic heterocycles. The second kappa shape index (κ2) is 5.24. The molecule has 2 rings (SSSR count). The van der Waals surface area contributed by atoms with Crippen LogP contribution in [0.25, 0.3) is 10.9 Å². The summed E-state index contributed by atoms with van der Waals surface area (Å²) >= 11 is 0. The van der Waals surface area contributed by atoms with Crippen LogP contribution in [0.4, 0.5) is 13.2 Å². The van der Waals surface area contributed by atoms with E-state index in [1.807, 2.05) is 0 Å². The summed E-state index contributed by atoms with van der Waals surface area (Å²) in [5.74, 6) is -0.975. The molecule has 0 spiro atoms. The molecule has 1 aromatic heterocycles. The van der Waals surface area contributed by atoms with Gasteiger partial charge in [0.15, 0.2) is 0 Å². The van der Waals surface area contributed by atoms with Gasteiger partial charge in [-0.25, -0.2) is 9.48 Å². The maximum absolute atomic E-state index is 12.9. The molecule has 1 N–H and O–H groups in total. The van der Waals surface area contributed by atoms with Crippen molar-refractivity contribution in [3.05, 3.63) is 33.6 Å². The van der Waals surface area contributed by atoms with Gasteiger partial charge in [0, 0.05) is 7.11 Å². The van der Waals surface area contributed by atoms with Crippen LogP contribution in [0.15, 0.2) is 16.9 Å². The highest BCUT2D eigenvalue weighted by atomic mass is 19.4. The van der Waals surface area contributed by atoms with E-state index in [-0.39, 0.29) is 23.2 Å². The van der Waals surface area contributed by atoms with Crippen molar-refractivity contribution < 1.29 is 27.4 Å². The molecule has 9 heteroatoms. The Morgan fingerprint density at radius 2 is 2.00 bits per heavy atom. The van der Waals surface area contributed by atoms with Crippen LogP contribution in [0.2, 0.25) is 0 Å². The monoisotopic (exact) mass is 304 g/mol. The third kappa shape index (κ3) is 2.64. The highest BCUT2D eigenvalue weighted by molar-refractivity contribution is 6.03. The van der Waals surface area contributed by atoms with Crippen LogP contribution < -0.4 is 5.56 Å². The molecular weight excluding hydrogens is 293 g/mol. The number of nitrogens with one attached hydrogen (secondary N) is 1. The molecule has 0 amide bonds. The Labute approximate surface area is 116 Å². The van der Waals surface area contributed by atoms with E-state index >= 15 is 0 Å². The normalized spacial score (nSPS) is 11.9. The van der Waals surface area contributed by atoms with E-state index in [1.165, 1.54) is 7.11 Å². The van der Waals surface area contributed by atoms with E-state index in [0.29, 0.717) is 12.1 Å². The number of ether oxygens (including phenoxy) is 2. The number of methoxy groups -OCH3 is 2. The molecule has 6 nitrogen and oxygen atoms in total. The van der Waals surface area contributed by atoms with Crippen molar-refractivity contribution in [1.29, 1.82) is 0 Å². The van der Waals surface area contributed by atoms with Crippen molar-refractivity contribution in [1.82, 2.24) is 9.78 Å². The number of benzene rings is 1. The largest absolute Gasteiger partial charge is 0.465 e. The summed E-state index contributed by atoms with van der Waals surface area (Å²) in [7, 11) is 2.36. The number of fused-ring (bicyclic) bond motifs is 1. The number of nitrogens with zero attached hydrogens (tertiary/aromatic N) is 1. The second-order valence-electron chi connectivity index (χ2n) is 4.20. The molecule has 0 atom stereocenters. The van der Waals surface area contributed by atoms with Crippen molar-refractivity contribution >= 4 is 16.9 Å². The van der Waals surface area contributed by atoms with Gasteiger partial charge in [-0.2, -0.15) is 13.2 Å². The molecule has 114 valence electrons. The third-order valence-electron chi connectivity index (χ3n) is 2.85. The Morgan fingerprint density at radius 3 is 2.52 bits per heavy atom. The van der Waals surface area contributed by atoms with E-state index in [4.69, 9.17) is 4.74 Å². The standard InChI is InChI=1S/C12H11F3N2O4/c1-20-5-17-10(18)7-3-6(12(13,14)15)4-8(9(7)16-17)11(19)21-2/h3-4,16H,5H2,1-2H3. The lowest BCUT2D eigenvalue weighted by molar-refractivity contribution is -0.137. The van der Waals surface area contributed by atoms with Gasteiger partial charge in [0.25, 0.3) is 5.56 Å². The van der Waals surface area contributed by atoms with Gasteiger partial charge in [0.2, 0.25) is 0 Å². The molecule has 0 fully saturated rings. The molecular formula is C12H11F3N2O4. The minimum Gasteiger partial charge on any atom is -0.465 e. The van der Waals surface area contributed by atoms with Gasteiger partial charge in [-0.1, -0.05) is 0 Å². The average molecular weight is 304 g/mol. The number of aromatic amines is 1. The quantitative estimate of drug-likeness (QED) is 0.877. The molecule has 2 aromatic rings. The Balaban J connectivity index is 2.82. The number of esters is 1. The van der Waals surface area contributed by atoms with E-state index in [2.05, 4.69) is 9.84 Å². The highest BCUT2D eigenvalue weighted by Crippen LogP contribution is 2.32. The number of hydrogen-bond donors (Lipinski definition) is 1. The zero-order chi connectivity index (χ0) is 15.8. The van der Waals surface area contributed by atoms with Crippen LogP contribution in [0.1, 0.15) is 15.9 Å². The Kier molecular flexibility index (Phi) is 3.77. The molecule has 1 aromatic carbocycles. The smallest absolute Gasteiger partial charge is 0.416 e. The molecule has 0 aliphatic rings. The number of rotatable bonds is 3. The van der Waals surface area contributed by atoms with Gasteiger partial charge in [-0.15, -0.1) is 0 Å². The van der Waals surface area contributed by atoms with Gasteiger partial charge in [-0.3, -0.25) is 9.89 Å². The maximum atomic E-state index is 12.9. The fraction of sp³-hybridized carbons (Fsp3) is 0.333. The summed E-state index contributed by atoms with van der Waals surface area (Å²) in [5, 5.41) is 2.28. The number of carbonyl (C=O) groups excluding carboxylic acids is 1. The minimum atomic E-state index is -4.69. The summed E-state index contributed by atoms with van der Waals surface area (Å²) in [6, 6.07) is 1.33. The van der Waals surface area contributed by atoms with Crippen LogP contribution in [-0.4, -0.2) is 30.0 Å². The van der Waals surface area contributed by atoms with Crippen molar-refractivity contribution in [2.75, 3.05) is 14.2 Å². The van der Waals surface area contributed by atoms with Crippen LogP contribution in [0.3, 0.4) is 0 Å². The van der Waals surface area contributed by atoms with Crippen LogP contribution in [0, 0.1) is 0 Å². The number of alkyl halides is 3. The first-order valence-electron chi connectivity index (χ1n) is 5.70. The molecule has 0 saturated heterocycles. The molecule has 0 unspecified atom stereocenters. The van der Waals surface area contributed by atoms with Crippen molar-refractivity contribution in [3.8, 4) is 0 Å². The molecule has 0 saturated carbocycles. The van der Waals surface area contributed by atoms with Gasteiger partial charge in [-0.05, 0) is 12.1 Å². The molecule has 1 heterocycles. The summed E-state index contributed by atoms with van der Waals surface area (Å²) < 4.78 is 48.7. The molecule has 0 aliphatic carbocycles. The van der Waals surface area contributed by atoms with E-state index < -0.39 is 23.3 Å². The SMILES string of the molecule is COCn1[nH]c2c(C(=O)OC)cc(C(F)(F)F)cc2c1=O. The van der Waals surface area contributed by atoms with Crippen molar-refractivity contribution in [2.24, 2.45) is 0 Å². The number of hydrogen-bond acceptors (Lipinski definition) is 4. The summed E-state index contributed by atoms with van der Waals surface area (Å²) in [6.45, 7) is -0.185. The lowest BCUT2D eigenvalue weighted by Gasteiger charge is -2.08. The Hall–Kier alpha value is -2.29. The summed E-state index contributed by atoms with van der Waals surface area (Å²) in [6.07, 6.45) is -4.69. The summed E-state index contributed by atoms with van der Waals surface area (Å²) in [5.41, 5.74) is -2.22.